The maximum atomic E-state index is 12.2. The van der Waals surface area contributed by atoms with Crippen LogP contribution >= 0.6 is 0 Å². The van der Waals surface area contributed by atoms with E-state index in [1.54, 1.807) is 6.07 Å². The van der Waals surface area contributed by atoms with Gasteiger partial charge in [0.2, 0.25) is 5.91 Å². The summed E-state index contributed by atoms with van der Waals surface area (Å²) in [6, 6.07) is 9.44. The van der Waals surface area contributed by atoms with E-state index in [-0.39, 0.29) is 5.91 Å². The fraction of sp³-hybridized carbons (Fsp3) is 0.333. The van der Waals surface area contributed by atoms with Gasteiger partial charge in [-0.25, -0.2) is 0 Å². The molecule has 2 rings (SSSR count). The fourth-order valence-corrected chi connectivity index (χ4v) is 2.25. The summed E-state index contributed by atoms with van der Waals surface area (Å²) in [5.41, 5.74) is 0.926. The Kier molecular flexibility index (Phi) is 4.00. The van der Waals surface area contributed by atoms with E-state index in [4.69, 9.17) is 5.41 Å². The van der Waals surface area contributed by atoms with E-state index in [1.807, 2.05) is 53.8 Å². The van der Waals surface area contributed by atoms with Crippen LogP contribution in [0.5, 0.6) is 0 Å². The number of pyridine rings is 1. The topological polar surface area (TPSA) is 49.1 Å². The highest BCUT2D eigenvalue weighted by atomic mass is 16.2. The van der Waals surface area contributed by atoms with E-state index < -0.39 is 0 Å². The van der Waals surface area contributed by atoms with Crippen molar-refractivity contribution in [3.05, 3.63) is 41.9 Å². The van der Waals surface area contributed by atoms with Crippen LogP contribution < -0.4 is 5.36 Å². The van der Waals surface area contributed by atoms with Gasteiger partial charge in [-0.1, -0.05) is 18.2 Å². The van der Waals surface area contributed by atoms with Crippen LogP contribution in [-0.2, 0) is 11.3 Å². The van der Waals surface area contributed by atoms with E-state index in [9.17, 15) is 4.79 Å². The van der Waals surface area contributed by atoms with Crippen molar-refractivity contribution in [1.82, 2.24) is 9.47 Å². The molecule has 1 aromatic carbocycles. The number of likely N-dealkylation sites (N-methyl/N-ethyl adjacent to an activating group) is 1. The van der Waals surface area contributed by atoms with Crippen molar-refractivity contribution < 1.29 is 4.79 Å². The minimum atomic E-state index is 0.109. The van der Waals surface area contributed by atoms with Crippen LogP contribution in [0.2, 0.25) is 0 Å². The molecule has 0 atom stereocenters. The lowest BCUT2D eigenvalue weighted by atomic mass is 10.2. The second kappa shape index (κ2) is 5.69. The van der Waals surface area contributed by atoms with Gasteiger partial charge in [0, 0.05) is 24.7 Å². The van der Waals surface area contributed by atoms with E-state index in [0.717, 1.165) is 24.0 Å². The lowest BCUT2D eigenvalue weighted by Crippen LogP contribution is -2.33. The fourth-order valence-electron chi connectivity index (χ4n) is 2.25. The second-order valence-electron chi connectivity index (χ2n) is 4.44. The second-order valence-corrected chi connectivity index (χ2v) is 4.44. The van der Waals surface area contributed by atoms with Crippen molar-refractivity contribution in [3.63, 3.8) is 0 Å². The van der Waals surface area contributed by atoms with Crippen LogP contribution in [0.25, 0.3) is 10.9 Å². The highest BCUT2D eigenvalue weighted by Crippen LogP contribution is 2.09. The molecular formula is C15H19N3O. The smallest absolute Gasteiger partial charge is 0.242 e. The van der Waals surface area contributed by atoms with Gasteiger partial charge in [-0.05, 0) is 26.0 Å². The molecular weight excluding hydrogens is 238 g/mol. The van der Waals surface area contributed by atoms with Gasteiger partial charge in [0.15, 0.2) is 0 Å². The molecule has 0 saturated heterocycles. The predicted octanol–water partition coefficient (Wildman–Crippen LogP) is 1.99. The zero-order chi connectivity index (χ0) is 13.8. The lowest BCUT2D eigenvalue weighted by Gasteiger charge is -2.20. The summed E-state index contributed by atoms with van der Waals surface area (Å²) < 4.78 is 1.91. The predicted molar refractivity (Wildman–Crippen MR) is 75.7 cm³/mol. The number of para-hydroxylation sites is 1. The van der Waals surface area contributed by atoms with Crippen LogP contribution in [0, 0.1) is 5.41 Å². The average molecular weight is 257 g/mol. The van der Waals surface area contributed by atoms with E-state index in [2.05, 4.69) is 0 Å². The molecule has 0 bridgehead atoms. The summed E-state index contributed by atoms with van der Waals surface area (Å²) in [6.45, 7) is 5.74. The number of carbonyl (C=O) groups excluding carboxylic acids is 1. The van der Waals surface area contributed by atoms with Crippen molar-refractivity contribution in [2.45, 2.75) is 20.4 Å². The summed E-state index contributed by atoms with van der Waals surface area (Å²) in [7, 11) is 0. The first-order valence-electron chi connectivity index (χ1n) is 6.58. The normalized spacial score (nSPS) is 10.6. The van der Waals surface area contributed by atoms with Crippen molar-refractivity contribution in [2.24, 2.45) is 0 Å². The first kappa shape index (κ1) is 13.3. The Morgan fingerprint density at radius 2 is 1.89 bits per heavy atom. The maximum Gasteiger partial charge on any atom is 0.242 e. The standard InChI is InChI=1S/C15H19N3O/c1-3-17(4-2)15(19)11-18-10-9-13(16)12-7-5-6-8-14(12)18/h5-10,16H,3-4,11H2,1-2H3. The Morgan fingerprint density at radius 1 is 1.21 bits per heavy atom. The Bertz CT molecular complexity index is 641. The van der Waals surface area contributed by atoms with Crippen LogP contribution in [0.4, 0.5) is 0 Å². The molecule has 0 aliphatic rings. The number of hydrogen-bond donors (Lipinski definition) is 1. The highest BCUT2D eigenvalue weighted by Gasteiger charge is 2.10. The third-order valence-electron chi connectivity index (χ3n) is 3.35. The molecule has 0 aliphatic carbocycles. The van der Waals surface area contributed by atoms with Crippen LogP contribution in [0.1, 0.15) is 13.8 Å². The number of benzene rings is 1. The molecule has 4 heteroatoms. The van der Waals surface area contributed by atoms with Gasteiger partial charge in [0.25, 0.3) is 0 Å². The Labute approximate surface area is 112 Å². The molecule has 100 valence electrons. The Morgan fingerprint density at radius 3 is 2.58 bits per heavy atom. The summed E-state index contributed by atoms with van der Waals surface area (Å²) in [5.74, 6) is 0.109. The SMILES string of the molecule is CCN(CC)C(=O)Cn1ccc(=N)c2ccccc21. The molecule has 2 aromatic rings. The quantitative estimate of drug-likeness (QED) is 0.894. The molecule has 1 aromatic heterocycles. The van der Waals surface area contributed by atoms with E-state index >= 15 is 0 Å². The van der Waals surface area contributed by atoms with Crippen LogP contribution in [-0.4, -0.2) is 28.5 Å². The van der Waals surface area contributed by atoms with Gasteiger partial charge < -0.3 is 14.9 Å². The molecule has 1 heterocycles. The molecule has 0 saturated carbocycles. The van der Waals surface area contributed by atoms with Crippen molar-refractivity contribution in [3.8, 4) is 0 Å². The van der Waals surface area contributed by atoms with Crippen molar-refractivity contribution >= 4 is 16.8 Å². The van der Waals surface area contributed by atoms with Gasteiger partial charge >= 0.3 is 0 Å². The number of fused-ring (bicyclic) bond motifs is 1. The van der Waals surface area contributed by atoms with Crippen molar-refractivity contribution in [2.75, 3.05) is 13.1 Å². The van der Waals surface area contributed by atoms with Crippen LogP contribution in [0.3, 0.4) is 0 Å². The number of rotatable bonds is 4. The third-order valence-corrected chi connectivity index (χ3v) is 3.35. The number of amides is 1. The number of nitrogens with zero attached hydrogens (tertiary/aromatic N) is 2. The minimum Gasteiger partial charge on any atom is -0.342 e. The number of carbonyl (C=O) groups is 1. The van der Waals surface area contributed by atoms with Crippen LogP contribution in [0.15, 0.2) is 36.5 Å². The number of hydrogen-bond acceptors (Lipinski definition) is 2. The van der Waals surface area contributed by atoms with Gasteiger partial charge in [0.05, 0.1) is 10.9 Å². The Balaban J connectivity index is 2.39. The highest BCUT2D eigenvalue weighted by molar-refractivity contribution is 5.81. The molecule has 0 radical (unpaired) electrons. The summed E-state index contributed by atoms with van der Waals surface area (Å²) in [4.78, 5) is 14.0. The van der Waals surface area contributed by atoms with Gasteiger partial charge in [-0.2, -0.15) is 0 Å². The molecule has 1 amide bonds. The van der Waals surface area contributed by atoms with Gasteiger partial charge in [-0.15, -0.1) is 0 Å². The molecule has 0 aliphatic heterocycles. The number of nitrogens with one attached hydrogen (secondary N) is 1. The molecule has 4 nitrogen and oxygen atoms in total. The largest absolute Gasteiger partial charge is 0.342 e. The summed E-state index contributed by atoms with van der Waals surface area (Å²) in [5, 5.41) is 9.25. The molecule has 1 N–H and O–H groups in total. The van der Waals surface area contributed by atoms with E-state index in [1.165, 1.54) is 0 Å². The van der Waals surface area contributed by atoms with Crippen molar-refractivity contribution in [1.29, 1.82) is 5.41 Å². The zero-order valence-corrected chi connectivity index (χ0v) is 11.4. The van der Waals surface area contributed by atoms with Gasteiger partial charge in [0.1, 0.15) is 6.54 Å². The third kappa shape index (κ3) is 2.67. The summed E-state index contributed by atoms with van der Waals surface area (Å²) >= 11 is 0. The monoisotopic (exact) mass is 257 g/mol. The lowest BCUT2D eigenvalue weighted by molar-refractivity contribution is -0.131. The summed E-state index contributed by atoms with van der Waals surface area (Å²) in [6.07, 6.45) is 1.81. The molecule has 0 fully saturated rings. The van der Waals surface area contributed by atoms with E-state index in [0.29, 0.717) is 11.9 Å². The molecule has 0 spiro atoms. The first-order chi connectivity index (χ1) is 9.17. The van der Waals surface area contributed by atoms with Gasteiger partial charge in [-0.3, -0.25) is 4.79 Å². The minimum absolute atomic E-state index is 0.109. The Hall–Kier alpha value is -2.10. The zero-order valence-electron chi connectivity index (χ0n) is 11.4. The number of aromatic nitrogens is 1. The maximum absolute atomic E-state index is 12.2. The average Bonchev–Trinajstić information content (AvgIpc) is 2.44. The first-order valence-corrected chi connectivity index (χ1v) is 6.58. The molecule has 19 heavy (non-hydrogen) atoms. The molecule has 0 unspecified atom stereocenters.